The highest BCUT2D eigenvalue weighted by Gasteiger charge is 2.35. The number of carboxylic acids is 1. The lowest BCUT2D eigenvalue weighted by Crippen LogP contribution is -2.26. The van der Waals surface area contributed by atoms with E-state index in [1.165, 1.54) is 36.1 Å². The number of halogens is 2. The van der Waals surface area contributed by atoms with E-state index in [-0.39, 0.29) is 36.0 Å². The molecular formula is C42H44ClFN6O2. The van der Waals surface area contributed by atoms with Gasteiger partial charge in [0.2, 0.25) is 0 Å². The highest BCUT2D eigenvalue weighted by Crippen LogP contribution is 2.47. The van der Waals surface area contributed by atoms with Crippen LogP contribution in [-0.2, 0) is 0 Å². The minimum atomic E-state index is -0.925. The SMILES string of the molecule is Cl.Fc1ccc(N2C(c3ccc(-c4cnc([C@@H]5CCCN5)[nH]4)cc3)CC[C@H]2c2ccc(N3CCCC3)cc2)cc1.O=C(O)c1cc2ccccc2[nH]1. The van der Waals surface area contributed by atoms with Crippen LogP contribution in [0.15, 0.2) is 109 Å². The number of benzene rings is 4. The average molecular weight is 719 g/mol. The molecule has 0 amide bonds. The lowest BCUT2D eigenvalue weighted by atomic mass is 10.0. The lowest BCUT2D eigenvalue weighted by molar-refractivity contribution is 0.0691. The van der Waals surface area contributed by atoms with Gasteiger partial charge < -0.3 is 30.2 Å². The van der Waals surface area contributed by atoms with Crippen molar-refractivity contribution in [2.45, 2.75) is 56.7 Å². The van der Waals surface area contributed by atoms with Crippen LogP contribution in [0.5, 0.6) is 0 Å². The number of aromatic carboxylic acids is 1. The van der Waals surface area contributed by atoms with Crippen molar-refractivity contribution in [3.05, 3.63) is 138 Å². The van der Waals surface area contributed by atoms with Crippen molar-refractivity contribution in [3.63, 3.8) is 0 Å². The van der Waals surface area contributed by atoms with Crippen molar-refractivity contribution in [3.8, 4) is 11.3 Å². The molecule has 268 valence electrons. The number of aromatic nitrogens is 3. The highest BCUT2D eigenvalue weighted by molar-refractivity contribution is 5.93. The molecule has 3 fully saturated rings. The second-order valence-electron chi connectivity index (χ2n) is 13.8. The first-order chi connectivity index (χ1) is 25.0. The molecule has 0 aliphatic carbocycles. The lowest BCUT2D eigenvalue weighted by Gasteiger charge is -2.33. The first-order valence-corrected chi connectivity index (χ1v) is 18.1. The fraction of sp³-hybridized carbons (Fsp3) is 0.286. The number of para-hydroxylation sites is 1. The van der Waals surface area contributed by atoms with Crippen LogP contribution in [0.25, 0.3) is 22.2 Å². The van der Waals surface area contributed by atoms with Gasteiger partial charge in [-0.05, 0) is 110 Å². The van der Waals surface area contributed by atoms with Crippen LogP contribution in [-0.4, -0.2) is 45.7 Å². The number of hydrogen-bond acceptors (Lipinski definition) is 5. The number of H-pyrrole nitrogens is 2. The van der Waals surface area contributed by atoms with Crippen molar-refractivity contribution < 1.29 is 14.3 Å². The molecule has 52 heavy (non-hydrogen) atoms. The number of aromatic amines is 2. The number of nitrogens with one attached hydrogen (secondary N) is 3. The summed E-state index contributed by atoms with van der Waals surface area (Å²) in [6, 6.07) is 35.0. The van der Waals surface area contributed by atoms with E-state index in [1.54, 1.807) is 18.2 Å². The summed E-state index contributed by atoms with van der Waals surface area (Å²) in [7, 11) is 0. The van der Waals surface area contributed by atoms with E-state index in [0.29, 0.717) is 6.04 Å². The molecule has 4 N–H and O–H groups in total. The molecule has 1 unspecified atom stereocenters. The summed E-state index contributed by atoms with van der Waals surface area (Å²) >= 11 is 0. The quantitative estimate of drug-likeness (QED) is 0.131. The van der Waals surface area contributed by atoms with Gasteiger partial charge in [0.15, 0.2) is 0 Å². The van der Waals surface area contributed by atoms with Gasteiger partial charge in [-0.1, -0.05) is 54.6 Å². The average Bonchev–Trinajstić information content (AvgIpc) is 4.01. The third-order valence-corrected chi connectivity index (χ3v) is 10.6. The molecule has 0 spiro atoms. The summed E-state index contributed by atoms with van der Waals surface area (Å²) in [6.45, 7) is 3.37. The summed E-state index contributed by atoms with van der Waals surface area (Å²) in [5.41, 5.74) is 8.30. The van der Waals surface area contributed by atoms with Gasteiger partial charge in [-0.25, -0.2) is 14.2 Å². The summed E-state index contributed by atoms with van der Waals surface area (Å²) in [6.07, 6.45) is 8.96. The molecule has 3 saturated heterocycles. The van der Waals surface area contributed by atoms with Crippen molar-refractivity contribution in [2.75, 3.05) is 29.4 Å². The van der Waals surface area contributed by atoms with E-state index in [2.05, 4.69) is 78.6 Å². The van der Waals surface area contributed by atoms with E-state index < -0.39 is 5.97 Å². The zero-order valence-corrected chi connectivity index (χ0v) is 29.8. The van der Waals surface area contributed by atoms with Gasteiger partial charge in [-0.3, -0.25) is 0 Å². The number of carbonyl (C=O) groups is 1. The number of fused-ring (bicyclic) bond motifs is 1. The van der Waals surface area contributed by atoms with Crippen LogP contribution < -0.4 is 15.1 Å². The Hall–Kier alpha value is -5.12. The van der Waals surface area contributed by atoms with Crippen molar-refractivity contribution >= 4 is 40.7 Å². The van der Waals surface area contributed by atoms with Gasteiger partial charge >= 0.3 is 5.97 Å². The molecule has 4 aromatic carbocycles. The Balaban J connectivity index is 0.000000275. The summed E-state index contributed by atoms with van der Waals surface area (Å²) in [5.74, 6) is -0.0910. The molecule has 8 nitrogen and oxygen atoms in total. The van der Waals surface area contributed by atoms with Crippen molar-refractivity contribution in [1.82, 2.24) is 20.3 Å². The zero-order chi connectivity index (χ0) is 34.7. The fourth-order valence-electron chi connectivity index (χ4n) is 7.97. The monoisotopic (exact) mass is 718 g/mol. The number of anilines is 2. The van der Waals surface area contributed by atoms with E-state index >= 15 is 0 Å². The van der Waals surface area contributed by atoms with Crippen LogP contribution in [0, 0.1) is 5.82 Å². The zero-order valence-electron chi connectivity index (χ0n) is 29.0. The third-order valence-electron chi connectivity index (χ3n) is 10.6. The summed E-state index contributed by atoms with van der Waals surface area (Å²) in [4.78, 5) is 26.5. The minimum absolute atomic E-state index is 0. The second-order valence-corrected chi connectivity index (χ2v) is 13.8. The molecule has 3 aliphatic heterocycles. The van der Waals surface area contributed by atoms with Gasteiger partial charge in [0.1, 0.15) is 17.3 Å². The maximum atomic E-state index is 13.9. The van der Waals surface area contributed by atoms with Crippen LogP contribution in [0.2, 0.25) is 0 Å². The molecule has 0 bridgehead atoms. The Morgan fingerprint density at radius 3 is 2.06 bits per heavy atom. The molecule has 3 aliphatic rings. The number of hydrogen-bond donors (Lipinski definition) is 4. The normalized spacial score (nSPS) is 19.8. The highest BCUT2D eigenvalue weighted by atomic mass is 35.5. The van der Waals surface area contributed by atoms with Crippen LogP contribution in [0.1, 0.15) is 84.1 Å². The maximum absolute atomic E-state index is 13.9. The standard InChI is InChI=1S/C33H36FN5.C9H7NO2.ClH/c34-26-11-15-28(16-12-26)39-31(17-18-32(39)25-9-13-27(14-10-25)38-20-1-2-21-38)24-7-5-23(6-8-24)30-22-36-33(37-30)29-4-3-19-35-29;11-9(12)8-5-6-3-1-2-4-7(6)10-8;/h5-16,22,29,31-32,35H,1-4,17-21H2,(H,36,37);1-5,10H,(H,11,12);1H/t29-,31?,32-;;/m0../s1. The molecular weight excluding hydrogens is 675 g/mol. The Morgan fingerprint density at radius 1 is 0.769 bits per heavy atom. The molecule has 10 heteroatoms. The first kappa shape index (κ1) is 35.3. The number of rotatable bonds is 7. The maximum Gasteiger partial charge on any atom is 0.352 e. The number of carboxylic acid groups (broad SMARTS) is 1. The summed E-state index contributed by atoms with van der Waals surface area (Å²) in [5, 5.41) is 13.1. The smallest absolute Gasteiger partial charge is 0.352 e. The number of nitrogens with zero attached hydrogens (tertiary/aromatic N) is 3. The van der Waals surface area contributed by atoms with E-state index in [4.69, 9.17) is 5.11 Å². The third kappa shape index (κ3) is 7.43. The van der Waals surface area contributed by atoms with Gasteiger partial charge in [-0.2, -0.15) is 0 Å². The molecule has 6 aromatic rings. The van der Waals surface area contributed by atoms with Crippen molar-refractivity contribution in [2.24, 2.45) is 0 Å². The molecule has 0 radical (unpaired) electrons. The Kier molecular flexibility index (Phi) is 10.6. The Morgan fingerprint density at radius 2 is 1.42 bits per heavy atom. The van der Waals surface area contributed by atoms with Gasteiger partial charge in [0.25, 0.3) is 0 Å². The molecule has 9 rings (SSSR count). The molecule has 3 atom stereocenters. The van der Waals surface area contributed by atoms with Crippen LogP contribution in [0.4, 0.5) is 15.8 Å². The Labute approximate surface area is 309 Å². The molecule has 2 aromatic heterocycles. The van der Waals surface area contributed by atoms with Gasteiger partial charge in [0.05, 0.1) is 30.0 Å². The van der Waals surface area contributed by atoms with E-state index in [0.717, 1.165) is 72.6 Å². The number of imidazole rings is 1. The predicted molar refractivity (Wildman–Crippen MR) is 208 cm³/mol. The van der Waals surface area contributed by atoms with Gasteiger partial charge in [-0.15, -0.1) is 12.4 Å². The molecule has 0 saturated carbocycles. The summed E-state index contributed by atoms with van der Waals surface area (Å²) < 4.78 is 13.9. The molecule has 5 heterocycles. The Bertz CT molecular complexity index is 2050. The minimum Gasteiger partial charge on any atom is -0.477 e. The van der Waals surface area contributed by atoms with Crippen LogP contribution >= 0.6 is 12.4 Å². The van der Waals surface area contributed by atoms with Gasteiger partial charge in [0, 0.05) is 35.4 Å². The predicted octanol–water partition coefficient (Wildman–Crippen LogP) is 9.61. The van der Waals surface area contributed by atoms with E-state index in [1.807, 2.05) is 42.6 Å². The van der Waals surface area contributed by atoms with Crippen LogP contribution in [0.3, 0.4) is 0 Å². The fourth-order valence-corrected chi connectivity index (χ4v) is 7.97. The van der Waals surface area contributed by atoms with E-state index in [9.17, 15) is 9.18 Å². The van der Waals surface area contributed by atoms with Crippen molar-refractivity contribution in [1.29, 1.82) is 0 Å². The second kappa shape index (κ2) is 15.6. The largest absolute Gasteiger partial charge is 0.477 e. The first-order valence-electron chi connectivity index (χ1n) is 18.1. The topological polar surface area (TPSA) is 100 Å².